The molecule has 0 amide bonds. The monoisotopic (exact) mass is 348 g/mol. The molecule has 2 heterocycles. The van der Waals surface area contributed by atoms with E-state index < -0.39 is 9.84 Å². The van der Waals surface area contributed by atoms with Gasteiger partial charge in [0.05, 0.1) is 10.6 Å². The second kappa shape index (κ2) is 5.73. The molecule has 1 aromatic carbocycles. The van der Waals surface area contributed by atoms with Gasteiger partial charge in [-0.2, -0.15) is 0 Å². The van der Waals surface area contributed by atoms with E-state index >= 15 is 0 Å². The van der Waals surface area contributed by atoms with E-state index in [1.807, 2.05) is 20.8 Å². The molecule has 0 saturated heterocycles. The predicted octanol–water partition coefficient (Wildman–Crippen LogP) is 1.88. The highest BCUT2D eigenvalue weighted by Gasteiger charge is 2.31. The van der Waals surface area contributed by atoms with Crippen molar-refractivity contribution in [2.24, 2.45) is 0 Å². The first kappa shape index (κ1) is 16.7. The Morgan fingerprint density at radius 2 is 2.00 bits per heavy atom. The lowest BCUT2D eigenvalue weighted by atomic mass is 9.93. The Kier molecular flexibility index (Phi) is 3.99. The van der Waals surface area contributed by atoms with E-state index in [0.29, 0.717) is 23.3 Å². The van der Waals surface area contributed by atoms with Gasteiger partial charge >= 0.3 is 0 Å². The van der Waals surface area contributed by atoms with Gasteiger partial charge in [-0.15, -0.1) is 0 Å². The molecule has 0 bridgehead atoms. The average molecular weight is 348 g/mol. The summed E-state index contributed by atoms with van der Waals surface area (Å²) in [6.45, 7) is 5.59. The number of nitrogens with zero attached hydrogens (tertiary/aromatic N) is 1. The molecule has 1 aliphatic rings. The number of sulfone groups is 1. The Hall–Kier alpha value is -2.15. The molecule has 0 fully saturated rings. The number of aromatic amines is 1. The standard InChI is InChI=1S/C17H20N2O4S/c1-4-11-12-7-8-24(22,23)15(12)6-5-13(11)16(20)14-9-18-19(10(2)3)17(14)21/h5-6,9-10,18H,4,7-8H2,1-3H3. The zero-order valence-corrected chi connectivity index (χ0v) is 14.7. The number of aromatic nitrogens is 2. The third-order valence-corrected chi connectivity index (χ3v) is 6.29. The Balaban J connectivity index is 2.14. The van der Waals surface area contributed by atoms with Crippen LogP contribution in [0.2, 0.25) is 0 Å². The van der Waals surface area contributed by atoms with Crippen LogP contribution < -0.4 is 5.56 Å². The van der Waals surface area contributed by atoms with Crippen LogP contribution in [0, 0.1) is 0 Å². The maximum atomic E-state index is 12.9. The minimum atomic E-state index is -3.24. The fraction of sp³-hybridized carbons (Fsp3) is 0.412. The molecular weight excluding hydrogens is 328 g/mol. The van der Waals surface area contributed by atoms with Gasteiger partial charge < -0.3 is 5.10 Å². The van der Waals surface area contributed by atoms with Crippen molar-refractivity contribution in [3.05, 3.63) is 50.9 Å². The van der Waals surface area contributed by atoms with E-state index in [0.717, 1.165) is 11.1 Å². The third-order valence-electron chi connectivity index (χ3n) is 4.50. The summed E-state index contributed by atoms with van der Waals surface area (Å²) in [4.78, 5) is 25.6. The van der Waals surface area contributed by atoms with E-state index in [-0.39, 0.29) is 28.7 Å². The molecule has 2 aromatic rings. The minimum absolute atomic E-state index is 0.0742. The van der Waals surface area contributed by atoms with Gasteiger partial charge in [0.25, 0.3) is 5.56 Å². The summed E-state index contributed by atoms with van der Waals surface area (Å²) in [6.07, 6.45) is 2.39. The van der Waals surface area contributed by atoms with Crippen molar-refractivity contribution in [1.29, 1.82) is 0 Å². The number of carbonyl (C=O) groups is 1. The van der Waals surface area contributed by atoms with Crippen LogP contribution in [0.1, 0.15) is 53.9 Å². The number of H-pyrrole nitrogens is 1. The summed E-state index contributed by atoms with van der Waals surface area (Å²) < 4.78 is 25.5. The molecule has 7 heteroatoms. The SMILES string of the molecule is CCc1c(C(=O)c2c[nH]n(C(C)C)c2=O)ccc2c1CCS2(=O)=O. The summed E-state index contributed by atoms with van der Waals surface area (Å²) in [5.41, 5.74) is 1.60. The average Bonchev–Trinajstić information content (AvgIpc) is 3.06. The van der Waals surface area contributed by atoms with Gasteiger partial charge in [-0.1, -0.05) is 6.92 Å². The fourth-order valence-corrected chi connectivity index (χ4v) is 4.84. The molecular formula is C17H20N2O4S. The molecule has 6 nitrogen and oxygen atoms in total. The maximum absolute atomic E-state index is 12.9. The summed E-state index contributed by atoms with van der Waals surface area (Å²) in [5, 5.41) is 2.81. The van der Waals surface area contributed by atoms with E-state index in [9.17, 15) is 18.0 Å². The van der Waals surface area contributed by atoms with E-state index in [2.05, 4.69) is 5.10 Å². The van der Waals surface area contributed by atoms with Crippen molar-refractivity contribution in [3.63, 3.8) is 0 Å². The van der Waals surface area contributed by atoms with E-state index in [1.54, 1.807) is 0 Å². The van der Waals surface area contributed by atoms with Gasteiger partial charge in [-0.05, 0) is 49.9 Å². The van der Waals surface area contributed by atoms with Gasteiger partial charge in [0, 0.05) is 17.8 Å². The van der Waals surface area contributed by atoms with Crippen molar-refractivity contribution >= 4 is 15.6 Å². The molecule has 0 atom stereocenters. The van der Waals surface area contributed by atoms with Crippen LogP contribution >= 0.6 is 0 Å². The predicted molar refractivity (Wildman–Crippen MR) is 90.4 cm³/mol. The number of benzene rings is 1. The second-order valence-electron chi connectivity index (χ2n) is 6.28. The number of nitrogens with one attached hydrogen (secondary N) is 1. The van der Waals surface area contributed by atoms with Crippen molar-refractivity contribution < 1.29 is 13.2 Å². The zero-order valence-electron chi connectivity index (χ0n) is 13.9. The molecule has 1 N–H and O–H groups in total. The lowest BCUT2D eigenvalue weighted by Gasteiger charge is -2.11. The fourth-order valence-electron chi connectivity index (χ4n) is 3.28. The van der Waals surface area contributed by atoms with Crippen molar-refractivity contribution in [2.45, 2.75) is 44.6 Å². The summed E-state index contributed by atoms with van der Waals surface area (Å²) in [7, 11) is -3.24. The van der Waals surface area contributed by atoms with Crippen LogP contribution in [0.15, 0.2) is 28.0 Å². The quantitative estimate of drug-likeness (QED) is 0.855. The molecule has 0 radical (unpaired) electrons. The highest BCUT2D eigenvalue weighted by Crippen LogP contribution is 2.32. The number of carbonyl (C=O) groups excluding carboxylic acids is 1. The Morgan fingerprint density at radius 1 is 1.29 bits per heavy atom. The van der Waals surface area contributed by atoms with Gasteiger partial charge in [-0.3, -0.25) is 14.3 Å². The van der Waals surface area contributed by atoms with Gasteiger partial charge in [-0.25, -0.2) is 8.42 Å². The molecule has 128 valence electrons. The largest absolute Gasteiger partial charge is 0.302 e. The second-order valence-corrected chi connectivity index (χ2v) is 8.35. The Bertz CT molecular complexity index is 981. The van der Waals surface area contributed by atoms with E-state index in [1.165, 1.54) is 23.0 Å². The number of ketones is 1. The Morgan fingerprint density at radius 3 is 2.58 bits per heavy atom. The molecule has 0 saturated carbocycles. The first-order valence-corrected chi connectivity index (χ1v) is 9.65. The van der Waals surface area contributed by atoms with Crippen molar-refractivity contribution in [3.8, 4) is 0 Å². The molecule has 0 spiro atoms. The summed E-state index contributed by atoms with van der Waals surface area (Å²) in [6, 6.07) is 2.96. The van der Waals surface area contributed by atoms with Crippen molar-refractivity contribution in [1.82, 2.24) is 9.78 Å². The Labute approximate surface area is 140 Å². The molecule has 1 aromatic heterocycles. The molecule has 3 rings (SSSR count). The van der Waals surface area contributed by atoms with E-state index in [4.69, 9.17) is 0 Å². The molecule has 1 aliphatic heterocycles. The van der Waals surface area contributed by atoms with Crippen LogP contribution in [-0.2, 0) is 22.7 Å². The highest BCUT2D eigenvalue weighted by atomic mass is 32.2. The normalized spacial score (nSPS) is 15.7. The smallest absolute Gasteiger partial charge is 0.277 e. The topological polar surface area (TPSA) is 89.0 Å². The molecule has 0 unspecified atom stereocenters. The lowest BCUT2D eigenvalue weighted by Crippen LogP contribution is -2.24. The van der Waals surface area contributed by atoms with Crippen LogP contribution in [0.25, 0.3) is 0 Å². The maximum Gasteiger partial charge on any atom is 0.277 e. The number of rotatable bonds is 4. The van der Waals surface area contributed by atoms with Crippen LogP contribution in [-0.4, -0.2) is 29.7 Å². The van der Waals surface area contributed by atoms with Crippen LogP contribution in [0.4, 0.5) is 0 Å². The van der Waals surface area contributed by atoms with Gasteiger partial charge in [0.15, 0.2) is 15.6 Å². The first-order chi connectivity index (χ1) is 11.3. The number of hydrogen-bond donors (Lipinski definition) is 1. The molecule has 0 aliphatic carbocycles. The van der Waals surface area contributed by atoms with Gasteiger partial charge in [0.1, 0.15) is 5.56 Å². The van der Waals surface area contributed by atoms with Crippen LogP contribution in [0.5, 0.6) is 0 Å². The van der Waals surface area contributed by atoms with Crippen LogP contribution in [0.3, 0.4) is 0 Å². The third kappa shape index (κ3) is 2.43. The van der Waals surface area contributed by atoms with Gasteiger partial charge in [0.2, 0.25) is 0 Å². The number of hydrogen-bond acceptors (Lipinski definition) is 4. The lowest BCUT2D eigenvalue weighted by molar-refractivity contribution is 0.103. The van der Waals surface area contributed by atoms with Crippen molar-refractivity contribution in [2.75, 3.05) is 5.75 Å². The summed E-state index contributed by atoms with van der Waals surface area (Å²) >= 11 is 0. The first-order valence-electron chi connectivity index (χ1n) is 8.00. The molecule has 24 heavy (non-hydrogen) atoms. The zero-order chi connectivity index (χ0) is 17.6. The summed E-state index contributed by atoms with van der Waals surface area (Å²) in [5.74, 6) is -0.281. The number of fused-ring (bicyclic) bond motifs is 1. The minimum Gasteiger partial charge on any atom is -0.302 e. The highest BCUT2D eigenvalue weighted by molar-refractivity contribution is 7.91.